The van der Waals surface area contributed by atoms with Crippen molar-refractivity contribution in [1.29, 1.82) is 0 Å². The van der Waals surface area contributed by atoms with Gasteiger partial charge in [0.15, 0.2) is 0 Å². The number of carbonyl (C=O) groups excluding carboxylic acids is 1. The van der Waals surface area contributed by atoms with Crippen LogP contribution >= 0.6 is 0 Å². The summed E-state index contributed by atoms with van der Waals surface area (Å²) in [7, 11) is 0. The summed E-state index contributed by atoms with van der Waals surface area (Å²) in [5, 5.41) is 7.28. The van der Waals surface area contributed by atoms with Gasteiger partial charge >= 0.3 is 0 Å². The van der Waals surface area contributed by atoms with Crippen molar-refractivity contribution in [2.24, 2.45) is 0 Å². The first-order valence-electron chi connectivity index (χ1n) is 9.44. The molecule has 1 fully saturated rings. The van der Waals surface area contributed by atoms with E-state index < -0.39 is 5.54 Å². The van der Waals surface area contributed by atoms with Gasteiger partial charge in [-0.3, -0.25) is 4.79 Å². The zero-order valence-electron chi connectivity index (χ0n) is 15.0. The number of nitrogens with one attached hydrogen (secondary N) is 2. The third-order valence-electron chi connectivity index (χ3n) is 5.75. The molecule has 4 N–H and O–H groups in total. The van der Waals surface area contributed by atoms with Crippen molar-refractivity contribution in [1.82, 2.24) is 19.9 Å². The fourth-order valence-corrected chi connectivity index (χ4v) is 4.43. The first-order chi connectivity index (χ1) is 13.2. The van der Waals surface area contributed by atoms with Crippen LogP contribution in [-0.4, -0.2) is 20.4 Å². The topological polar surface area (TPSA) is 97.9 Å². The van der Waals surface area contributed by atoms with Crippen LogP contribution in [0.5, 0.6) is 0 Å². The average molecular weight is 362 g/mol. The molecule has 1 amide bonds. The highest BCUT2D eigenvalue weighted by molar-refractivity contribution is 5.90. The second kappa shape index (κ2) is 5.97. The van der Waals surface area contributed by atoms with E-state index in [1.807, 2.05) is 30.5 Å². The SMILES string of the molecule is Nc1ccc(Nc2ncc3cc4n(c3n2)C2(CCCCC2)C(=O)NC4)cc1. The summed E-state index contributed by atoms with van der Waals surface area (Å²) >= 11 is 0. The van der Waals surface area contributed by atoms with Crippen molar-refractivity contribution in [3.8, 4) is 0 Å². The van der Waals surface area contributed by atoms with Gasteiger partial charge in [-0.05, 0) is 43.2 Å². The maximum Gasteiger partial charge on any atom is 0.246 e. The molecule has 1 aliphatic heterocycles. The molecule has 3 aromatic rings. The Morgan fingerprint density at radius 3 is 2.70 bits per heavy atom. The van der Waals surface area contributed by atoms with Crippen molar-refractivity contribution in [2.45, 2.75) is 44.2 Å². The molecule has 27 heavy (non-hydrogen) atoms. The number of carbonyl (C=O) groups is 1. The van der Waals surface area contributed by atoms with Crippen LogP contribution in [0.3, 0.4) is 0 Å². The lowest BCUT2D eigenvalue weighted by Crippen LogP contribution is -2.54. The molecule has 7 heteroatoms. The average Bonchev–Trinajstić information content (AvgIpc) is 3.06. The number of nitrogens with zero attached hydrogens (tertiary/aromatic N) is 3. The Morgan fingerprint density at radius 1 is 1.15 bits per heavy atom. The second-order valence-corrected chi connectivity index (χ2v) is 7.47. The van der Waals surface area contributed by atoms with E-state index in [-0.39, 0.29) is 5.91 Å². The fraction of sp³-hybridized carbons (Fsp3) is 0.350. The van der Waals surface area contributed by atoms with Gasteiger partial charge in [0.05, 0.1) is 6.54 Å². The van der Waals surface area contributed by atoms with Crippen LogP contribution in [0.25, 0.3) is 11.0 Å². The number of anilines is 3. The molecule has 2 aromatic heterocycles. The number of aromatic nitrogens is 3. The maximum atomic E-state index is 12.9. The van der Waals surface area contributed by atoms with Gasteiger partial charge in [0, 0.05) is 28.7 Å². The second-order valence-electron chi connectivity index (χ2n) is 7.47. The van der Waals surface area contributed by atoms with E-state index in [2.05, 4.69) is 26.3 Å². The molecule has 0 bridgehead atoms. The minimum absolute atomic E-state index is 0.124. The number of rotatable bonds is 2. The summed E-state index contributed by atoms with van der Waals surface area (Å²) in [6.45, 7) is 0.539. The molecule has 138 valence electrons. The molecule has 1 aliphatic carbocycles. The highest BCUT2D eigenvalue weighted by Crippen LogP contribution is 2.41. The van der Waals surface area contributed by atoms with E-state index in [4.69, 9.17) is 10.7 Å². The zero-order valence-corrected chi connectivity index (χ0v) is 15.0. The molecule has 0 atom stereocenters. The van der Waals surface area contributed by atoms with Gasteiger partial charge in [-0.2, -0.15) is 4.98 Å². The molecule has 7 nitrogen and oxygen atoms in total. The Balaban J connectivity index is 1.61. The van der Waals surface area contributed by atoms with Crippen LogP contribution in [0.2, 0.25) is 0 Å². The number of hydrogen-bond acceptors (Lipinski definition) is 5. The molecule has 1 saturated carbocycles. The molecule has 0 saturated heterocycles. The first-order valence-corrected chi connectivity index (χ1v) is 9.44. The number of nitrogen functional groups attached to an aromatic ring is 1. The lowest BCUT2D eigenvalue weighted by atomic mass is 9.79. The van der Waals surface area contributed by atoms with Crippen molar-refractivity contribution in [3.63, 3.8) is 0 Å². The van der Waals surface area contributed by atoms with Gasteiger partial charge in [0.2, 0.25) is 11.9 Å². The molecular weight excluding hydrogens is 340 g/mol. The van der Waals surface area contributed by atoms with E-state index in [9.17, 15) is 4.79 Å². The third-order valence-corrected chi connectivity index (χ3v) is 5.75. The molecule has 0 radical (unpaired) electrons. The normalized spacial score (nSPS) is 18.3. The Hall–Kier alpha value is -3.09. The number of benzene rings is 1. The molecule has 3 heterocycles. The Morgan fingerprint density at radius 2 is 1.93 bits per heavy atom. The van der Waals surface area contributed by atoms with Crippen LogP contribution in [-0.2, 0) is 16.9 Å². The van der Waals surface area contributed by atoms with E-state index in [1.165, 1.54) is 6.42 Å². The molecular formula is C20H22N6O. The summed E-state index contributed by atoms with van der Waals surface area (Å²) in [5.74, 6) is 0.643. The summed E-state index contributed by atoms with van der Waals surface area (Å²) in [4.78, 5) is 22.1. The van der Waals surface area contributed by atoms with Crippen LogP contribution in [0.4, 0.5) is 17.3 Å². The smallest absolute Gasteiger partial charge is 0.246 e. The highest BCUT2D eigenvalue weighted by atomic mass is 16.2. The van der Waals surface area contributed by atoms with Crippen molar-refractivity contribution >= 4 is 34.3 Å². The Kier molecular flexibility index (Phi) is 3.56. The summed E-state index contributed by atoms with van der Waals surface area (Å²) in [6, 6.07) is 9.56. The molecule has 2 aliphatic rings. The molecule has 5 rings (SSSR count). The quantitative estimate of drug-likeness (QED) is 0.609. The standard InChI is InChI=1S/C20H22N6O/c21-14-4-6-15(7-5-14)24-19-23-11-13-10-16-12-22-18(27)20(8-2-1-3-9-20)26(16)17(13)25-19/h4-7,10-11H,1-3,8-9,12,21H2,(H,22,27)(H,23,24,25). The number of amides is 1. The predicted octanol–water partition coefficient (Wildman–Crippen LogP) is 3.05. The minimum Gasteiger partial charge on any atom is -0.399 e. The molecule has 0 unspecified atom stereocenters. The third kappa shape index (κ3) is 2.53. The van der Waals surface area contributed by atoms with Gasteiger partial charge in [0.25, 0.3) is 0 Å². The zero-order chi connectivity index (χ0) is 18.4. The largest absolute Gasteiger partial charge is 0.399 e. The van der Waals surface area contributed by atoms with Crippen LogP contribution in [0.1, 0.15) is 37.8 Å². The monoisotopic (exact) mass is 362 g/mol. The maximum absolute atomic E-state index is 12.9. The minimum atomic E-state index is -0.513. The van der Waals surface area contributed by atoms with Crippen LogP contribution in [0, 0.1) is 0 Å². The van der Waals surface area contributed by atoms with E-state index >= 15 is 0 Å². The van der Waals surface area contributed by atoms with Crippen molar-refractivity contribution in [3.05, 3.63) is 42.2 Å². The Labute approximate surface area is 157 Å². The predicted molar refractivity (Wildman–Crippen MR) is 105 cm³/mol. The van der Waals surface area contributed by atoms with Crippen LogP contribution < -0.4 is 16.4 Å². The fourth-order valence-electron chi connectivity index (χ4n) is 4.43. The van der Waals surface area contributed by atoms with Gasteiger partial charge in [0.1, 0.15) is 11.2 Å². The number of nitrogens with two attached hydrogens (primary N) is 1. The van der Waals surface area contributed by atoms with Crippen molar-refractivity contribution < 1.29 is 4.79 Å². The van der Waals surface area contributed by atoms with E-state index in [0.717, 1.165) is 48.1 Å². The molecule has 1 spiro atoms. The van der Waals surface area contributed by atoms with Gasteiger partial charge < -0.3 is 20.9 Å². The number of fused-ring (bicyclic) bond motifs is 4. The van der Waals surface area contributed by atoms with Gasteiger partial charge in [-0.15, -0.1) is 0 Å². The first kappa shape index (κ1) is 16.1. The van der Waals surface area contributed by atoms with Gasteiger partial charge in [-0.25, -0.2) is 4.98 Å². The lowest BCUT2D eigenvalue weighted by molar-refractivity contribution is -0.133. The summed E-state index contributed by atoms with van der Waals surface area (Å²) in [5.41, 5.74) is 8.75. The van der Waals surface area contributed by atoms with Gasteiger partial charge in [-0.1, -0.05) is 19.3 Å². The van der Waals surface area contributed by atoms with E-state index in [0.29, 0.717) is 18.2 Å². The Bertz CT molecular complexity index is 1020. The number of hydrogen-bond donors (Lipinski definition) is 3. The summed E-state index contributed by atoms with van der Waals surface area (Å²) in [6.07, 6.45) is 6.86. The van der Waals surface area contributed by atoms with Crippen LogP contribution in [0.15, 0.2) is 36.5 Å². The lowest BCUT2D eigenvalue weighted by Gasteiger charge is -2.41. The highest BCUT2D eigenvalue weighted by Gasteiger charge is 2.45. The van der Waals surface area contributed by atoms with Crippen molar-refractivity contribution in [2.75, 3.05) is 11.1 Å². The molecule has 1 aromatic carbocycles. The summed E-state index contributed by atoms with van der Waals surface area (Å²) < 4.78 is 2.18. The van der Waals surface area contributed by atoms with E-state index in [1.54, 1.807) is 0 Å².